The smallest absolute Gasteiger partial charge is 0.451 e. The van der Waals surface area contributed by atoms with E-state index in [1.807, 2.05) is 6.07 Å². The Morgan fingerprint density at radius 1 is 1.03 bits per heavy atom. The summed E-state index contributed by atoms with van der Waals surface area (Å²) in [4.78, 5) is 23.8. The molecule has 2 N–H and O–H groups in total. The van der Waals surface area contributed by atoms with E-state index in [1.165, 1.54) is 25.6 Å². The van der Waals surface area contributed by atoms with Crippen LogP contribution < -0.4 is 10.1 Å². The summed E-state index contributed by atoms with van der Waals surface area (Å²) in [5.74, 6) is -0.600. The van der Waals surface area contributed by atoms with Crippen LogP contribution in [0.5, 0.6) is 5.75 Å². The third-order valence-corrected chi connectivity index (χ3v) is 4.88. The quantitative estimate of drug-likeness (QED) is 0.293. The lowest BCUT2D eigenvalue weighted by Crippen LogP contribution is -2.14. The van der Waals surface area contributed by atoms with Crippen LogP contribution in [0.2, 0.25) is 0 Å². The molecule has 0 aliphatic heterocycles. The van der Waals surface area contributed by atoms with Gasteiger partial charge in [-0.25, -0.2) is 24.3 Å². The third-order valence-electron chi connectivity index (χ3n) is 4.88. The lowest BCUT2D eigenvalue weighted by atomic mass is 10.0. The van der Waals surface area contributed by atoms with E-state index in [9.17, 15) is 17.6 Å². The summed E-state index contributed by atoms with van der Waals surface area (Å²) in [7, 11) is 1.51. The highest BCUT2D eigenvalue weighted by Gasteiger charge is 2.34. The molecule has 182 valence electrons. The van der Waals surface area contributed by atoms with Gasteiger partial charge >= 0.3 is 6.18 Å². The number of nitrogens with zero attached hydrogens (tertiary/aromatic N) is 4. The molecular formula is C23H19F4N5O3. The van der Waals surface area contributed by atoms with Crippen molar-refractivity contribution in [3.05, 3.63) is 72.3 Å². The van der Waals surface area contributed by atoms with Gasteiger partial charge in [-0.3, -0.25) is 4.79 Å². The average Bonchev–Trinajstić information content (AvgIpc) is 2.84. The van der Waals surface area contributed by atoms with Gasteiger partial charge < -0.3 is 15.2 Å². The van der Waals surface area contributed by atoms with Gasteiger partial charge in [0, 0.05) is 23.3 Å². The Labute approximate surface area is 196 Å². The molecule has 0 fully saturated rings. The maximum absolute atomic E-state index is 13.3. The van der Waals surface area contributed by atoms with Gasteiger partial charge in [0.15, 0.2) is 0 Å². The SMILES string of the molecule is COc1cc(-c2ccc(F)cc2)cc2c(NC(C)c3cnc(C(F)(F)F)nc3)ncnc12.O=CO. The predicted molar refractivity (Wildman–Crippen MR) is 119 cm³/mol. The minimum atomic E-state index is -4.61. The van der Waals surface area contributed by atoms with Crippen molar-refractivity contribution in [2.75, 3.05) is 12.4 Å². The van der Waals surface area contributed by atoms with Crippen molar-refractivity contribution in [1.29, 1.82) is 0 Å². The van der Waals surface area contributed by atoms with Crippen LogP contribution in [0, 0.1) is 5.82 Å². The maximum atomic E-state index is 13.3. The highest BCUT2D eigenvalue weighted by molar-refractivity contribution is 5.96. The topological polar surface area (TPSA) is 110 Å². The zero-order valence-corrected chi connectivity index (χ0v) is 18.4. The van der Waals surface area contributed by atoms with Gasteiger partial charge in [-0.15, -0.1) is 0 Å². The lowest BCUT2D eigenvalue weighted by molar-refractivity contribution is -0.145. The molecule has 35 heavy (non-hydrogen) atoms. The summed E-state index contributed by atoms with van der Waals surface area (Å²) >= 11 is 0. The highest BCUT2D eigenvalue weighted by Crippen LogP contribution is 2.35. The summed E-state index contributed by atoms with van der Waals surface area (Å²) in [5, 5.41) is 10.7. The van der Waals surface area contributed by atoms with Gasteiger partial charge in [-0.05, 0) is 42.3 Å². The fraction of sp³-hybridized carbons (Fsp3) is 0.174. The van der Waals surface area contributed by atoms with E-state index in [2.05, 4.69) is 25.3 Å². The normalized spacial score (nSPS) is 11.8. The average molecular weight is 489 g/mol. The van der Waals surface area contributed by atoms with E-state index in [1.54, 1.807) is 25.1 Å². The van der Waals surface area contributed by atoms with Crippen molar-refractivity contribution in [3.63, 3.8) is 0 Å². The van der Waals surface area contributed by atoms with Crippen molar-refractivity contribution in [2.45, 2.75) is 19.1 Å². The van der Waals surface area contributed by atoms with Crippen LogP contribution in [0.4, 0.5) is 23.4 Å². The number of halogens is 4. The van der Waals surface area contributed by atoms with Gasteiger partial charge in [0.05, 0.1) is 13.2 Å². The first-order valence-electron chi connectivity index (χ1n) is 10.00. The van der Waals surface area contributed by atoms with E-state index < -0.39 is 18.0 Å². The molecule has 0 saturated carbocycles. The van der Waals surface area contributed by atoms with Crippen LogP contribution in [-0.2, 0) is 11.0 Å². The molecule has 1 atom stereocenters. The van der Waals surface area contributed by atoms with Crippen molar-refractivity contribution in [1.82, 2.24) is 19.9 Å². The number of carboxylic acid groups (broad SMARTS) is 1. The van der Waals surface area contributed by atoms with Gasteiger partial charge in [0.25, 0.3) is 6.47 Å². The summed E-state index contributed by atoms with van der Waals surface area (Å²) in [6, 6.07) is 9.20. The molecule has 0 aliphatic rings. The molecule has 0 spiro atoms. The van der Waals surface area contributed by atoms with Crippen molar-refractivity contribution in [2.24, 2.45) is 0 Å². The molecule has 0 aliphatic carbocycles. The molecule has 8 nitrogen and oxygen atoms in total. The maximum Gasteiger partial charge on any atom is 0.451 e. The first-order chi connectivity index (χ1) is 16.7. The molecule has 4 rings (SSSR count). The summed E-state index contributed by atoms with van der Waals surface area (Å²) in [5.41, 5.74) is 2.53. The second kappa shape index (κ2) is 10.7. The molecule has 12 heteroatoms. The zero-order valence-electron chi connectivity index (χ0n) is 18.4. The van der Waals surface area contributed by atoms with Crippen LogP contribution in [0.15, 0.2) is 55.1 Å². The molecule has 0 saturated heterocycles. The second-order valence-corrected chi connectivity index (χ2v) is 7.11. The Kier molecular flexibility index (Phi) is 7.74. The molecule has 0 amide bonds. The third kappa shape index (κ3) is 5.96. The number of nitrogens with one attached hydrogen (secondary N) is 1. The van der Waals surface area contributed by atoms with Gasteiger partial charge in [0.1, 0.15) is 29.2 Å². The first-order valence-corrected chi connectivity index (χ1v) is 10.00. The van der Waals surface area contributed by atoms with E-state index in [0.717, 1.165) is 23.5 Å². The molecule has 2 heterocycles. The monoisotopic (exact) mass is 489 g/mol. The number of carbonyl (C=O) groups is 1. The van der Waals surface area contributed by atoms with Crippen LogP contribution in [0.1, 0.15) is 24.4 Å². The number of hydrogen-bond acceptors (Lipinski definition) is 7. The Morgan fingerprint density at radius 2 is 1.66 bits per heavy atom. The van der Waals surface area contributed by atoms with Crippen LogP contribution >= 0.6 is 0 Å². The first kappa shape index (κ1) is 25.3. The van der Waals surface area contributed by atoms with Gasteiger partial charge in [-0.2, -0.15) is 13.2 Å². The van der Waals surface area contributed by atoms with Gasteiger partial charge in [-0.1, -0.05) is 12.1 Å². The number of fused-ring (bicyclic) bond motifs is 1. The number of rotatable bonds is 5. The minimum absolute atomic E-state index is 0.250. The standard InChI is InChI=1S/C22H17F4N5O.CH2O2/c1-12(15-9-27-21(28-10-15)22(24,25)26)31-20-17-7-14(13-3-5-16(23)6-4-13)8-18(32-2)19(17)29-11-30-20;2-1-3/h3-12H,1-2H3,(H,29,30,31);1H,(H,2,3). The number of anilines is 1. The van der Waals surface area contributed by atoms with Crippen molar-refractivity contribution < 1.29 is 32.2 Å². The second-order valence-electron chi connectivity index (χ2n) is 7.11. The summed E-state index contributed by atoms with van der Waals surface area (Å²) in [6.07, 6.45) is -0.991. The highest BCUT2D eigenvalue weighted by atomic mass is 19.4. The molecule has 2 aromatic heterocycles. The number of aromatic nitrogens is 4. The van der Waals surface area contributed by atoms with E-state index in [0.29, 0.717) is 28.0 Å². The summed E-state index contributed by atoms with van der Waals surface area (Å²) in [6.45, 7) is 1.50. The fourth-order valence-electron chi connectivity index (χ4n) is 3.21. The molecule has 4 aromatic rings. The Morgan fingerprint density at radius 3 is 2.23 bits per heavy atom. The van der Waals surface area contributed by atoms with Crippen LogP contribution in [-0.4, -0.2) is 38.6 Å². The zero-order chi connectivity index (χ0) is 25.6. The minimum Gasteiger partial charge on any atom is -0.494 e. The largest absolute Gasteiger partial charge is 0.494 e. The van der Waals surface area contributed by atoms with E-state index in [4.69, 9.17) is 14.6 Å². The van der Waals surface area contributed by atoms with Crippen molar-refractivity contribution >= 4 is 23.2 Å². The van der Waals surface area contributed by atoms with E-state index in [-0.39, 0.29) is 12.3 Å². The fourth-order valence-corrected chi connectivity index (χ4v) is 3.21. The van der Waals surface area contributed by atoms with Crippen molar-refractivity contribution in [3.8, 4) is 16.9 Å². The Bertz CT molecular complexity index is 1300. The molecule has 1 unspecified atom stereocenters. The number of methoxy groups -OCH3 is 1. The Balaban J connectivity index is 0.00000108. The predicted octanol–water partition coefficient (Wildman–Crippen LogP) is 5.13. The number of hydrogen-bond donors (Lipinski definition) is 2. The number of benzene rings is 2. The molecular weight excluding hydrogens is 470 g/mol. The number of alkyl halides is 3. The van der Waals surface area contributed by atoms with Crippen LogP contribution in [0.25, 0.3) is 22.0 Å². The summed E-state index contributed by atoms with van der Waals surface area (Å²) < 4.78 is 57.0. The lowest BCUT2D eigenvalue weighted by Gasteiger charge is -2.17. The molecule has 0 bridgehead atoms. The molecule has 0 radical (unpaired) electrons. The Hall–Kier alpha value is -4.35. The molecule has 2 aromatic carbocycles. The number of ether oxygens (including phenoxy) is 1. The van der Waals surface area contributed by atoms with Gasteiger partial charge in [0.2, 0.25) is 5.82 Å². The van der Waals surface area contributed by atoms with Crippen LogP contribution in [0.3, 0.4) is 0 Å². The van der Waals surface area contributed by atoms with E-state index >= 15 is 0 Å².